The number of nitrogens with one attached hydrogen (secondary N) is 1. The summed E-state index contributed by atoms with van der Waals surface area (Å²) in [5.74, 6) is 0.997. The van der Waals surface area contributed by atoms with Crippen molar-refractivity contribution in [2.75, 3.05) is 0 Å². The Labute approximate surface area is 101 Å². The van der Waals surface area contributed by atoms with Crippen LogP contribution < -0.4 is 5.32 Å². The third-order valence-corrected chi connectivity index (χ3v) is 3.72. The number of aromatic nitrogens is 3. The van der Waals surface area contributed by atoms with E-state index >= 15 is 0 Å². The molecule has 0 spiro atoms. The first-order valence-corrected chi connectivity index (χ1v) is 6.49. The van der Waals surface area contributed by atoms with E-state index in [1.165, 1.54) is 19.3 Å². The highest BCUT2D eigenvalue weighted by atomic mass is 35.5. The molecule has 90 valence electrons. The van der Waals surface area contributed by atoms with Crippen molar-refractivity contribution in [2.24, 2.45) is 0 Å². The van der Waals surface area contributed by atoms with Gasteiger partial charge in [0.05, 0.1) is 6.54 Å². The van der Waals surface area contributed by atoms with Crippen LogP contribution in [0.1, 0.15) is 38.4 Å². The first kappa shape index (κ1) is 11.9. The first-order chi connectivity index (χ1) is 7.81. The van der Waals surface area contributed by atoms with Crippen molar-refractivity contribution in [2.45, 2.75) is 57.1 Å². The lowest BCUT2D eigenvalue weighted by atomic mass is 9.95. The highest BCUT2D eigenvalue weighted by Gasteiger charge is 2.22. The Kier molecular flexibility index (Phi) is 4.18. The van der Waals surface area contributed by atoms with E-state index in [9.17, 15) is 0 Å². The van der Waals surface area contributed by atoms with Crippen LogP contribution in [-0.4, -0.2) is 26.2 Å². The summed E-state index contributed by atoms with van der Waals surface area (Å²) in [5.41, 5.74) is 0. The molecule has 2 unspecified atom stereocenters. The number of aryl methyl sites for hydroxylation is 1. The van der Waals surface area contributed by atoms with E-state index in [4.69, 9.17) is 11.6 Å². The highest BCUT2D eigenvalue weighted by molar-refractivity contribution is 6.21. The van der Waals surface area contributed by atoms with Crippen molar-refractivity contribution in [3.05, 3.63) is 12.2 Å². The summed E-state index contributed by atoms with van der Waals surface area (Å²) in [7, 11) is 0. The Hall–Kier alpha value is -0.610. The molecule has 1 aliphatic rings. The van der Waals surface area contributed by atoms with Gasteiger partial charge in [0.15, 0.2) is 0 Å². The van der Waals surface area contributed by atoms with Crippen LogP contribution in [0.2, 0.25) is 0 Å². The fourth-order valence-electron chi connectivity index (χ4n) is 2.23. The van der Waals surface area contributed by atoms with Crippen LogP contribution in [0.15, 0.2) is 6.33 Å². The summed E-state index contributed by atoms with van der Waals surface area (Å²) in [6.45, 7) is 3.71. The average molecular weight is 243 g/mol. The fraction of sp³-hybridized carbons (Fsp3) is 0.818. The summed E-state index contributed by atoms with van der Waals surface area (Å²) in [6.07, 6.45) is 6.45. The molecule has 1 fully saturated rings. The molecule has 0 amide bonds. The van der Waals surface area contributed by atoms with Crippen molar-refractivity contribution in [1.29, 1.82) is 0 Å². The van der Waals surface area contributed by atoms with Crippen LogP contribution in [0.4, 0.5) is 0 Å². The Morgan fingerprint density at radius 1 is 1.50 bits per heavy atom. The normalized spacial score (nSPS) is 25.9. The van der Waals surface area contributed by atoms with Crippen molar-refractivity contribution in [3.63, 3.8) is 0 Å². The van der Waals surface area contributed by atoms with Gasteiger partial charge in [-0.3, -0.25) is 0 Å². The molecular weight excluding hydrogens is 224 g/mol. The maximum Gasteiger partial charge on any atom is 0.140 e. The molecule has 1 heterocycles. The van der Waals surface area contributed by atoms with Gasteiger partial charge in [-0.15, -0.1) is 11.6 Å². The second-order valence-corrected chi connectivity index (χ2v) is 4.84. The van der Waals surface area contributed by atoms with Crippen LogP contribution in [0.25, 0.3) is 0 Å². The molecule has 5 heteroatoms. The predicted molar refractivity (Wildman–Crippen MR) is 64.4 cm³/mol. The molecule has 1 saturated carbocycles. The standard InChI is InChI=1S/C11H19ClN4/c1-2-16-11(14-8-15-16)7-13-10-6-4-3-5-9(10)12/h8-10,13H,2-7H2,1H3. The largest absolute Gasteiger partial charge is 0.306 e. The molecule has 16 heavy (non-hydrogen) atoms. The number of halogens is 1. The molecule has 0 bridgehead atoms. The number of hydrogen-bond donors (Lipinski definition) is 1. The monoisotopic (exact) mass is 242 g/mol. The molecule has 4 nitrogen and oxygen atoms in total. The molecule has 1 aliphatic carbocycles. The van der Waals surface area contributed by atoms with E-state index in [1.807, 2.05) is 4.68 Å². The van der Waals surface area contributed by atoms with Crippen LogP contribution >= 0.6 is 11.6 Å². The summed E-state index contributed by atoms with van der Waals surface area (Å²) in [5, 5.41) is 7.91. The predicted octanol–water partition coefficient (Wildman–Crippen LogP) is 1.94. The number of hydrogen-bond acceptors (Lipinski definition) is 3. The Balaban J connectivity index is 1.86. The van der Waals surface area contributed by atoms with Gasteiger partial charge in [0, 0.05) is 18.0 Å². The van der Waals surface area contributed by atoms with Crippen LogP contribution in [0.5, 0.6) is 0 Å². The van der Waals surface area contributed by atoms with E-state index in [2.05, 4.69) is 22.3 Å². The molecule has 2 rings (SSSR count). The zero-order chi connectivity index (χ0) is 11.4. The van der Waals surface area contributed by atoms with Crippen molar-refractivity contribution < 1.29 is 0 Å². The summed E-state index contributed by atoms with van der Waals surface area (Å²) >= 11 is 6.29. The molecule has 0 saturated heterocycles. The first-order valence-electron chi connectivity index (χ1n) is 6.05. The Morgan fingerprint density at radius 2 is 2.31 bits per heavy atom. The van der Waals surface area contributed by atoms with Crippen molar-refractivity contribution >= 4 is 11.6 Å². The summed E-state index contributed by atoms with van der Waals surface area (Å²) in [6, 6.07) is 0.428. The van der Waals surface area contributed by atoms with E-state index in [-0.39, 0.29) is 5.38 Å². The van der Waals surface area contributed by atoms with Crippen molar-refractivity contribution in [3.8, 4) is 0 Å². The number of alkyl halides is 1. The van der Waals surface area contributed by atoms with Gasteiger partial charge in [-0.05, 0) is 19.8 Å². The van der Waals surface area contributed by atoms with Crippen LogP contribution in [0, 0.1) is 0 Å². The van der Waals surface area contributed by atoms with E-state index < -0.39 is 0 Å². The minimum Gasteiger partial charge on any atom is -0.306 e. The van der Waals surface area contributed by atoms with Crippen LogP contribution in [0.3, 0.4) is 0 Å². The zero-order valence-corrected chi connectivity index (χ0v) is 10.5. The van der Waals surface area contributed by atoms with Crippen molar-refractivity contribution in [1.82, 2.24) is 20.1 Å². The third kappa shape index (κ3) is 2.74. The topological polar surface area (TPSA) is 42.7 Å². The number of rotatable bonds is 4. The minimum atomic E-state index is 0.270. The lowest BCUT2D eigenvalue weighted by Gasteiger charge is -2.27. The lowest BCUT2D eigenvalue weighted by molar-refractivity contribution is 0.371. The van der Waals surface area contributed by atoms with Gasteiger partial charge >= 0.3 is 0 Å². The Bertz CT molecular complexity index is 326. The van der Waals surface area contributed by atoms with Gasteiger partial charge in [0.25, 0.3) is 0 Å². The van der Waals surface area contributed by atoms with Gasteiger partial charge in [0.1, 0.15) is 12.2 Å². The molecule has 0 aliphatic heterocycles. The summed E-state index contributed by atoms with van der Waals surface area (Å²) < 4.78 is 1.92. The molecule has 0 radical (unpaired) electrons. The smallest absolute Gasteiger partial charge is 0.140 e. The number of nitrogens with zero attached hydrogens (tertiary/aromatic N) is 3. The maximum atomic E-state index is 6.29. The average Bonchev–Trinajstić information content (AvgIpc) is 2.75. The molecule has 0 aromatic carbocycles. The SMILES string of the molecule is CCn1ncnc1CNC1CCCCC1Cl. The van der Waals surface area contributed by atoms with Gasteiger partial charge in [-0.2, -0.15) is 5.10 Å². The van der Waals surface area contributed by atoms with Gasteiger partial charge in [-0.1, -0.05) is 12.8 Å². The molecule has 1 aromatic heterocycles. The zero-order valence-electron chi connectivity index (χ0n) is 9.69. The molecule has 1 aromatic rings. The second-order valence-electron chi connectivity index (χ2n) is 4.28. The summed E-state index contributed by atoms with van der Waals surface area (Å²) in [4.78, 5) is 4.24. The van der Waals surface area contributed by atoms with E-state index in [0.29, 0.717) is 6.04 Å². The highest BCUT2D eigenvalue weighted by Crippen LogP contribution is 2.23. The van der Waals surface area contributed by atoms with Gasteiger partial charge < -0.3 is 5.32 Å². The quantitative estimate of drug-likeness (QED) is 0.821. The lowest BCUT2D eigenvalue weighted by Crippen LogP contribution is -2.39. The maximum absolute atomic E-state index is 6.29. The van der Waals surface area contributed by atoms with Crippen LogP contribution in [-0.2, 0) is 13.1 Å². The molecule has 2 atom stereocenters. The van der Waals surface area contributed by atoms with Gasteiger partial charge in [0.2, 0.25) is 0 Å². The fourth-order valence-corrected chi connectivity index (χ4v) is 2.60. The van der Waals surface area contributed by atoms with Gasteiger partial charge in [-0.25, -0.2) is 9.67 Å². The second kappa shape index (κ2) is 5.64. The third-order valence-electron chi connectivity index (χ3n) is 3.20. The Morgan fingerprint density at radius 3 is 3.06 bits per heavy atom. The van der Waals surface area contributed by atoms with E-state index in [0.717, 1.165) is 25.3 Å². The molecule has 1 N–H and O–H groups in total. The minimum absolute atomic E-state index is 0.270. The molecular formula is C11H19ClN4. The van der Waals surface area contributed by atoms with E-state index in [1.54, 1.807) is 6.33 Å².